The van der Waals surface area contributed by atoms with E-state index in [1.165, 1.54) is 18.2 Å². The normalized spacial score (nSPS) is 15.8. The number of aryl methyl sites for hydroxylation is 1. The van der Waals surface area contributed by atoms with Crippen molar-refractivity contribution in [2.24, 2.45) is 5.92 Å². The molecule has 1 saturated heterocycles. The van der Waals surface area contributed by atoms with Crippen LogP contribution in [0.4, 0.5) is 5.82 Å². The number of fused-ring (bicyclic) bond motifs is 1. The van der Waals surface area contributed by atoms with E-state index in [1.54, 1.807) is 24.5 Å². The maximum Gasteiger partial charge on any atom is 0.175 e. The Balaban J connectivity index is 1.47. The van der Waals surface area contributed by atoms with Crippen LogP contribution in [0.2, 0.25) is 0 Å². The van der Waals surface area contributed by atoms with Crippen LogP contribution in [-0.4, -0.2) is 37.7 Å². The molecule has 2 heterocycles. The molecule has 2 aromatic carbocycles. The van der Waals surface area contributed by atoms with Crippen LogP contribution < -0.4 is 4.90 Å². The lowest BCUT2D eigenvalue weighted by molar-refractivity contribution is 0.381. The molecule has 1 aliphatic rings. The lowest BCUT2D eigenvalue weighted by atomic mass is 9.90. The van der Waals surface area contributed by atoms with Crippen LogP contribution in [0.3, 0.4) is 0 Å². The summed E-state index contributed by atoms with van der Waals surface area (Å²) in [6.07, 6.45) is 7.39. The molecule has 146 valence electrons. The van der Waals surface area contributed by atoms with Gasteiger partial charge in [0, 0.05) is 24.7 Å². The molecule has 0 atom stereocenters. The summed E-state index contributed by atoms with van der Waals surface area (Å²) in [7, 11) is -3.26. The van der Waals surface area contributed by atoms with Crippen LogP contribution in [0, 0.1) is 5.92 Å². The van der Waals surface area contributed by atoms with Crippen LogP contribution in [0.15, 0.2) is 59.8 Å². The molecule has 0 radical (unpaired) electrons. The Kier molecular flexibility index (Phi) is 5.31. The van der Waals surface area contributed by atoms with Crippen molar-refractivity contribution in [3.63, 3.8) is 0 Å². The first-order valence-electron chi connectivity index (χ1n) is 9.74. The second-order valence-corrected chi connectivity index (χ2v) is 9.62. The van der Waals surface area contributed by atoms with Crippen LogP contribution in [-0.2, 0) is 16.3 Å². The van der Waals surface area contributed by atoms with Crippen LogP contribution in [0.25, 0.3) is 10.9 Å². The highest BCUT2D eigenvalue weighted by atomic mass is 32.2. The van der Waals surface area contributed by atoms with Crippen molar-refractivity contribution in [1.29, 1.82) is 0 Å². The first kappa shape index (κ1) is 18.9. The average molecular weight is 396 g/mol. The van der Waals surface area contributed by atoms with Crippen molar-refractivity contribution < 1.29 is 8.42 Å². The van der Waals surface area contributed by atoms with E-state index in [0.29, 0.717) is 4.90 Å². The molecule has 4 rings (SSSR count). The Morgan fingerprint density at radius 3 is 2.50 bits per heavy atom. The molecule has 0 saturated carbocycles. The van der Waals surface area contributed by atoms with Crippen LogP contribution in [0.1, 0.15) is 24.8 Å². The van der Waals surface area contributed by atoms with Gasteiger partial charge in [-0.3, -0.25) is 0 Å². The predicted molar refractivity (Wildman–Crippen MR) is 112 cm³/mol. The fourth-order valence-electron chi connectivity index (χ4n) is 3.95. The molecule has 3 aromatic rings. The van der Waals surface area contributed by atoms with E-state index in [1.807, 2.05) is 0 Å². The Bertz CT molecular complexity index is 1060. The summed E-state index contributed by atoms with van der Waals surface area (Å²) in [4.78, 5) is 11.4. The van der Waals surface area contributed by atoms with Gasteiger partial charge in [-0.25, -0.2) is 18.4 Å². The van der Waals surface area contributed by atoms with Crippen LogP contribution >= 0.6 is 0 Å². The first-order chi connectivity index (χ1) is 13.5. The summed E-state index contributed by atoms with van der Waals surface area (Å²) in [5.74, 6) is 1.56. The van der Waals surface area contributed by atoms with Gasteiger partial charge in [-0.15, -0.1) is 0 Å². The van der Waals surface area contributed by atoms with E-state index in [4.69, 9.17) is 0 Å². The van der Waals surface area contributed by atoms with Gasteiger partial charge in [-0.1, -0.05) is 30.3 Å². The van der Waals surface area contributed by atoms with Gasteiger partial charge < -0.3 is 4.90 Å². The molecule has 0 aliphatic carbocycles. The minimum Gasteiger partial charge on any atom is -0.356 e. The molecule has 0 spiro atoms. The molecular formula is C22H25N3O2S. The monoisotopic (exact) mass is 395 g/mol. The first-order valence-corrected chi connectivity index (χ1v) is 11.6. The molecular weight excluding hydrogens is 370 g/mol. The number of hydrogen-bond donors (Lipinski definition) is 0. The van der Waals surface area contributed by atoms with E-state index in [0.717, 1.165) is 55.0 Å². The number of sulfone groups is 1. The number of aromatic nitrogens is 2. The quantitative estimate of drug-likeness (QED) is 0.656. The molecule has 5 nitrogen and oxygen atoms in total. The Hall–Kier alpha value is -2.47. The number of hydrogen-bond acceptors (Lipinski definition) is 5. The molecule has 1 aliphatic heterocycles. The van der Waals surface area contributed by atoms with E-state index < -0.39 is 9.84 Å². The molecule has 28 heavy (non-hydrogen) atoms. The van der Waals surface area contributed by atoms with Crippen molar-refractivity contribution in [2.75, 3.05) is 24.2 Å². The Morgan fingerprint density at radius 2 is 1.79 bits per heavy atom. The SMILES string of the molecule is CS(=O)(=O)c1ccc2ncnc(N3CCC(CCc4ccccc4)CC3)c2c1. The lowest BCUT2D eigenvalue weighted by Gasteiger charge is -2.33. The molecule has 0 unspecified atom stereocenters. The standard InChI is InChI=1S/C22H25N3O2S/c1-28(26,27)19-9-10-21-20(15-19)22(24-16-23-21)25-13-11-18(12-14-25)8-7-17-5-3-2-4-6-17/h2-6,9-10,15-16,18H,7-8,11-14H2,1H3. The number of benzene rings is 2. The molecule has 0 bridgehead atoms. The van der Waals surface area contributed by atoms with E-state index >= 15 is 0 Å². The van der Waals surface area contributed by atoms with E-state index in [9.17, 15) is 8.42 Å². The zero-order valence-corrected chi connectivity index (χ0v) is 16.9. The maximum absolute atomic E-state index is 11.9. The second kappa shape index (κ2) is 7.87. The Morgan fingerprint density at radius 1 is 1.04 bits per heavy atom. The lowest BCUT2D eigenvalue weighted by Crippen LogP contribution is -2.34. The third-order valence-electron chi connectivity index (χ3n) is 5.61. The summed E-state index contributed by atoms with van der Waals surface area (Å²) < 4.78 is 23.9. The van der Waals surface area contributed by atoms with Crippen molar-refractivity contribution in [1.82, 2.24) is 9.97 Å². The average Bonchev–Trinajstić information content (AvgIpc) is 2.72. The molecule has 6 heteroatoms. The minimum absolute atomic E-state index is 0.314. The van der Waals surface area contributed by atoms with Crippen LogP contribution in [0.5, 0.6) is 0 Å². The highest BCUT2D eigenvalue weighted by molar-refractivity contribution is 7.90. The van der Waals surface area contributed by atoms with Crippen molar-refractivity contribution in [3.05, 3.63) is 60.4 Å². The third kappa shape index (κ3) is 4.17. The third-order valence-corrected chi connectivity index (χ3v) is 6.72. The van der Waals surface area contributed by atoms with Gasteiger partial charge in [0.15, 0.2) is 9.84 Å². The highest BCUT2D eigenvalue weighted by Gasteiger charge is 2.22. The summed E-state index contributed by atoms with van der Waals surface area (Å²) in [5.41, 5.74) is 2.18. The zero-order valence-electron chi connectivity index (χ0n) is 16.1. The highest BCUT2D eigenvalue weighted by Crippen LogP contribution is 2.30. The van der Waals surface area contributed by atoms with Gasteiger partial charge in [0.1, 0.15) is 12.1 Å². The second-order valence-electron chi connectivity index (χ2n) is 7.60. The number of piperidine rings is 1. The molecule has 1 aromatic heterocycles. The summed E-state index contributed by atoms with van der Waals surface area (Å²) in [6.45, 7) is 1.88. The Labute approximate surface area is 166 Å². The fraction of sp³-hybridized carbons (Fsp3) is 0.364. The number of nitrogens with zero attached hydrogens (tertiary/aromatic N) is 3. The molecule has 0 amide bonds. The number of anilines is 1. The molecule has 0 N–H and O–H groups in total. The van der Waals surface area contributed by atoms with E-state index in [-0.39, 0.29) is 0 Å². The van der Waals surface area contributed by atoms with Crippen molar-refractivity contribution >= 4 is 26.6 Å². The molecule has 1 fully saturated rings. The summed E-state index contributed by atoms with van der Waals surface area (Å²) in [5, 5.41) is 0.813. The van der Waals surface area contributed by atoms with Gasteiger partial charge >= 0.3 is 0 Å². The predicted octanol–water partition coefficient (Wildman–Crippen LogP) is 3.88. The van der Waals surface area contributed by atoms with Gasteiger partial charge in [0.25, 0.3) is 0 Å². The van der Waals surface area contributed by atoms with Gasteiger partial charge in [0.05, 0.1) is 10.4 Å². The summed E-state index contributed by atoms with van der Waals surface area (Å²) >= 11 is 0. The van der Waals surface area contributed by atoms with Gasteiger partial charge in [-0.05, 0) is 55.4 Å². The minimum atomic E-state index is -3.26. The maximum atomic E-state index is 11.9. The zero-order chi connectivity index (χ0) is 19.6. The van der Waals surface area contributed by atoms with Crippen molar-refractivity contribution in [3.8, 4) is 0 Å². The van der Waals surface area contributed by atoms with Crippen molar-refractivity contribution in [2.45, 2.75) is 30.6 Å². The van der Waals surface area contributed by atoms with Gasteiger partial charge in [-0.2, -0.15) is 0 Å². The topological polar surface area (TPSA) is 63.2 Å². The summed E-state index contributed by atoms with van der Waals surface area (Å²) in [6, 6.07) is 15.7. The smallest absolute Gasteiger partial charge is 0.175 e. The van der Waals surface area contributed by atoms with E-state index in [2.05, 4.69) is 45.2 Å². The van der Waals surface area contributed by atoms with Gasteiger partial charge in [0.2, 0.25) is 0 Å². The fourth-order valence-corrected chi connectivity index (χ4v) is 4.60. The number of rotatable bonds is 5. The largest absolute Gasteiger partial charge is 0.356 e.